The van der Waals surface area contributed by atoms with Crippen LogP contribution in [0.5, 0.6) is 0 Å². The molecule has 0 aliphatic rings. The zero-order valence-corrected chi connectivity index (χ0v) is 8.39. The minimum atomic E-state index is -0.562. The molecule has 78 valence electrons. The molecule has 1 atom stereocenters. The number of nitro groups is 1. The van der Waals surface area contributed by atoms with Crippen LogP contribution in [-0.4, -0.2) is 25.9 Å². The van der Waals surface area contributed by atoms with E-state index in [1.807, 2.05) is 0 Å². The molecule has 0 radical (unpaired) electrons. The molecule has 0 unspecified atom stereocenters. The molecule has 0 saturated carbocycles. The lowest BCUT2D eigenvalue weighted by molar-refractivity contribution is -0.386. The molecule has 0 spiro atoms. The van der Waals surface area contributed by atoms with E-state index in [0.717, 1.165) is 0 Å². The van der Waals surface area contributed by atoms with E-state index in [1.54, 1.807) is 20.8 Å². The third kappa shape index (κ3) is 1.90. The predicted octanol–water partition coefficient (Wildman–Crippen LogP) is 0.789. The van der Waals surface area contributed by atoms with Gasteiger partial charge in [0.15, 0.2) is 0 Å². The molecule has 1 N–H and O–H groups in total. The lowest BCUT2D eigenvalue weighted by Gasteiger charge is -2.04. The molecule has 6 nitrogen and oxygen atoms in total. The Balaban J connectivity index is 3.10. The molecule has 0 saturated heterocycles. The Labute approximate surface area is 81.3 Å². The van der Waals surface area contributed by atoms with Gasteiger partial charge in [0, 0.05) is 0 Å². The highest BCUT2D eigenvalue weighted by molar-refractivity contribution is 5.39. The van der Waals surface area contributed by atoms with Gasteiger partial charge in [-0.05, 0) is 20.8 Å². The molecule has 0 aliphatic carbocycles. The van der Waals surface area contributed by atoms with Crippen LogP contribution in [0, 0.1) is 24.0 Å². The molecule has 1 rings (SSSR count). The van der Waals surface area contributed by atoms with Gasteiger partial charge >= 0.3 is 5.69 Å². The van der Waals surface area contributed by atoms with Crippen LogP contribution in [0.1, 0.15) is 18.3 Å². The summed E-state index contributed by atoms with van der Waals surface area (Å²) in [6.07, 6.45) is -0.562. The number of rotatable bonds is 3. The van der Waals surface area contributed by atoms with Crippen LogP contribution in [0.4, 0.5) is 5.69 Å². The Morgan fingerprint density at radius 2 is 2.21 bits per heavy atom. The van der Waals surface area contributed by atoms with E-state index in [4.69, 9.17) is 5.11 Å². The van der Waals surface area contributed by atoms with E-state index < -0.39 is 11.0 Å². The van der Waals surface area contributed by atoms with Crippen molar-refractivity contribution in [2.75, 3.05) is 0 Å². The fourth-order valence-corrected chi connectivity index (χ4v) is 1.38. The van der Waals surface area contributed by atoms with E-state index in [9.17, 15) is 10.1 Å². The van der Waals surface area contributed by atoms with E-state index >= 15 is 0 Å². The summed E-state index contributed by atoms with van der Waals surface area (Å²) in [7, 11) is 0. The second kappa shape index (κ2) is 3.75. The monoisotopic (exact) mass is 199 g/mol. The summed E-state index contributed by atoms with van der Waals surface area (Å²) in [6, 6.07) is 0. The van der Waals surface area contributed by atoms with Crippen molar-refractivity contribution in [1.82, 2.24) is 9.78 Å². The van der Waals surface area contributed by atoms with Gasteiger partial charge in [0.25, 0.3) is 0 Å². The van der Waals surface area contributed by atoms with Crippen molar-refractivity contribution in [2.45, 2.75) is 33.4 Å². The standard InChI is InChI=1S/C8H13N3O3/c1-5(12)4-10-7(3)8(11(13)14)6(2)9-10/h5,12H,4H2,1-3H3/t5-/m1/s1. The molecular weight excluding hydrogens is 186 g/mol. The van der Waals surface area contributed by atoms with Crippen LogP contribution in [0.3, 0.4) is 0 Å². The Bertz CT molecular complexity index is 357. The Morgan fingerprint density at radius 3 is 2.57 bits per heavy atom. The van der Waals surface area contributed by atoms with Crippen molar-refractivity contribution in [3.63, 3.8) is 0 Å². The summed E-state index contributed by atoms with van der Waals surface area (Å²) in [5.41, 5.74) is 0.896. The van der Waals surface area contributed by atoms with E-state index in [0.29, 0.717) is 11.4 Å². The maximum Gasteiger partial charge on any atom is 0.312 e. The van der Waals surface area contributed by atoms with E-state index in [1.165, 1.54) is 4.68 Å². The minimum Gasteiger partial charge on any atom is -0.391 e. The van der Waals surface area contributed by atoms with Crippen LogP contribution < -0.4 is 0 Å². The van der Waals surface area contributed by atoms with Gasteiger partial charge in [0.1, 0.15) is 11.4 Å². The number of hydrogen-bond donors (Lipinski definition) is 1. The summed E-state index contributed by atoms with van der Waals surface area (Å²) in [5, 5.41) is 23.8. The molecule has 1 heterocycles. The molecule has 0 fully saturated rings. The first kappa shape index (κ1) is 10.6. The van der Waals surface area contributed by atoms with Crippen LogP contribution in [-0.2, 0) is 6.54 Å². The zero-order chi connectivity index (χ0) is 10.9. The molecule has 0 bridgehead atoms. The molecule has 0 aliphatic heterocycles. The third-order valence-electron chi connectivity index (χ3n) is 1.96. The molecule has 0 amide bonds. The van der Waals surface area contributed by atoms with Crippen LogP contribution in [0.2, 0.25) is 0 Å². The summed E-state index contributed by atoms with van der Waals surface area (Å²) in [4.78, 5) is 10.2. The third-order valence-corrected chi connectivity index (χ3v) is 1.96. The molecule has 6 heteroatoms. The number of nitrogens with zero attached hydrogens (tertiary/aromatic N) is 3. The highest BCUT2D eigenvalue weighted by atomic mass is 16.6. The first-order chi connectivity index (χ1) is 6.43. The van der Waals surface area contributed by atoms with Crippen LogP contribution in [0.25, 0.3) is 0 Å². The Morgan fingerprint density at radius 1 is 1.64 bits per heavy atom. The number of aliphatic hydroxyl groups is 1. The van der Waals surface area contributed by atoms with Crippen molar-refractivity contribution in [3.8, 4) is 0 Å². The second-order valence-electron chi connectivity index (χ2n) is 3.31. The zero-order valence-electron chi connectivity index (χ0n) is 8.39. The summed E-state index contributed by atoms with van der Waals surface area (Å²) in [5.74, 6) is 0. The summed E-state index contributed by atoms with van der Waals surface area (Å²) < 4.78 is 1.46. The number of hydrogen-bond acceptors (Lipinski definition) is 4. The predicted molar refractivity (Wildman–Crippen MR) is 50.0 cm³/mol. The van der Waals surface area contributed by atoms with Gasteiger partial charge in [-0.25, -0.2) is 0 Å². The average molecular weight is 199 g/mol. The average Bonchev–Trinajstić information content (AvgIpc) is 2.25. The summed E-state index contributed by atoms with van der Waals surface area (Å²) in [6.45, 7) is 5.10. The van der Waals surface area contributed by atoms with Crippen molar-refractivity contribution in [1.29, 1.82) is 0 Å². The first-order valence-corrected chi connectivity index (χ1v) is 4.30. The highest BCUT2D eigenvalue weighted by Crippen LogP contribution is 2.21. The SMILES string of the molecule is Cc1nn(C[C@@H](C)O)c(C)c1[N+](=O)[O-]. The van der Waals surface area contributed by atoms with E-state index in [2.05, 4.69) is 5.10 Å². The Kier molecular flexibility index (Phi) is 2.85. The lowest BCUT2D eigenvalue weighted by Crippen LogP contribution is -2.14. The Hall–Kier alpha value is -1.43. The second-order valence-corrected chi connectivity index (χ2v) is 3.31. The van der Waals surface area contributed by atoms with Crippen LogP contribution >= 0.6 is 0 Å². The van der Waals surface area contributed by atoms with Gasteiger partial charge in [0.2, 0.25) is 0 Å². The van der Waals surface area contributed by atoms with Gasteiger partial charge in [0.05, 0.1) is 17.6 Å². The minimum absolute atomic E-state index is 0.0330. The molecule has 1 aromatic heterocycles. The van der Waals surface area contributed by atoms with Crippen molar-refractivity contribution < 1.29 is 10.0 Å². The molecule has 0 aromatic carbocycles. The topological polar surface area (TPSA) is 81.2 Å². The van der Waals surface area contributed by atoms with Gasteiger partial charge in [-0.1, -0.05) is 0 Å². The largest absolute Gasteiger partial charge is 0.391 e. The van der Waals surface area contributed by atoms with Crippen LogP contribution in [0.15, 0.2) is 0 Å². The lowest BCUT2D eigenvalue weighted by atomic mass is 10.3. The van der Waals surface area contributed by atoms with Crippen molar-refractivity contribution >= 4 is 5.69 Å². The van der Waals surface area contributed by atoms with Gasteiger partial charge in [-0.3, -0.25) is 14.8 Å². The molecule has 14 heavy (non-hydrogen) atoms. The number of aromatic nitrogens is 2. The van der Waals surface area contributed by atoms with Crippen molar-refractivity contribution in [2.24, 2.45) is 0 Å². The number of aliphatic hydroxyl groups excluding tert-OH is 1. The highest BCUT2D eigenvalue weighted by Gasteiger charge is 2.21. The van der Waals surface area contributed by atoms with Gasteiger partial charge in [-0.2, -0.15) is 5.10 Å². The normalized spacial score (nSPS) is 12.9. The maximum absolute atomic E-state index is 10.6. The first-order valence-electron chi connectivity index (χ1n) is 4.30. The molecule has 1 aromatic rings. The fourth-order valence-electron chi connectivity index (χ4n) is 1.38. The number of aryl methyl sites for hydroxylation is 1. The molecular formula is C8H13N3O3. The van der Waals surface area contributed by atoms with Gasteiger partial charge < -0.3 is 5.11 Å². The smallest absolute Gasteiger partial charge is 0.312 e. The summed E-state index contributed by atoms with van der Waals surface area (Å²) >= 11 is 0. The fraction of sp³-hybridized carbons (Fsp3) is 0.625. The van der Waals surface area contributed by atoms with Crippen molar-refractivity contribution in [3.05, 3.63) is 21.5 Å². The van der Waals surface area contributed by atoms with E-state index in [-0.39, 0.29) is 12.2 Å². The maximum atomic E-state index is 10.6. The quantitative estimate of drug-likeness (QED) is 0.576. The van der Waals surface area contributed by atoms with Gasteiger partial charge in [-0.15, -0.1) is 0 Å².